The minimum atomic E-state index is -0.543. The number of pyridine rings is 1. The van der Waals surface area contributed by atoms with Crippen molar-refractivity contribution in [1.82, 2.24) is 14.8 Å². The highest BCUT2D eigenvalue weighted by atomic mass is 19.1. The maximum Gasteiger partial charge on any atom is 0.345 e. The second-order valence-corrected chi connectivity index (χ2v) is 5.16. The second-order valence-electron chi connectivity index (χ2n) is 5.16. The lowest BCUT2D eigenvalue weighted by atomic mass is 10.2. The van der Waals surface area contributed by atoms with Gasteiger partial charge < -0.3 is 4.74 Å². The fourth-order valence-corrected chi connectivity index (χ4v) is 2.10. The van der Waals surface area contributed by atoms with Gasteiger partial charge in [0, 0.05) is 17.6 Å². The molecule has 2 heterocycles. The smallest absolute Gasteiger partial charge is 0.345 e. The van der Waals surface area contributed by atoms with Crippen LogP contribution in [0.2, 0.25) is 0 Å². The Labute approximate surface area is 126 Å². The molecule has 0 amide bonds. The van der Waals surface area contributed by atoms with Gasteiger partial charge in [0.2, 0.25) is 0 Å². The zero-order valence-corrected chi connectivity index (χ0v) is 12.2. The summed E-state index contributed by atoms with van der Waals surface area (Å²) in [5.74, 6) is -0.647. The van der Waals surface area contributed by atoms with E-state index < -0.39 is 5.97 Å². The van der Waals surface area contributed by atoms with E-state index >= 15 is 0 Å². The molecule has 0 aliphatic rings. The van der Waals surface area contributed by atoms with Crippen LogP contribution in [0.25, 0.3) is 11.0 Å². The highest BCUT2D eigenvalue weighted by Gasteiger charge is 2.13. The molecular formula is C16H14FN3O2. The van der Waals surface area contributed by atoms with Gasteiger partial charge in [0.25, 0.3) is 0 Å². The summed E-state index contributed by atoms with van der Waals surface area (Å²) in [6.45, 7) is 4.01. The van der Waals surface area contributed by atoms with Crippen LogP contribution in [0.5, 0.6) is 5.75 Å². The molecule has 5 nitrogen and oxygen atoms in total. The summed E-state index contributed by atoms with van der Waals surface area (Å²) in [4.78, 5) is 16.4. The van der Waals surface area contributed by atoms with E-state index in [0.29, 0.717) is 11.2 Å². The molecule has 0 saturated carbocycles. The van der Waals surface area contributed by atoms with Crippen molar-refractivity contribution in [3.8, 4) is 5.75 Å². The average Bonchev–Trinajstić information content (AvgIpc) is 2.92. The molecule has 22 heavy (non-hydrogen) atoms. The average molecular weight is 299 g/mol. The van der Waals surface area contributed by atoms with Crippen LogP contribution < -0.4 is 4.74 Å². The van der Waals surface area contributed by atoms with Crippen molar-refractivity contribution >= 4 is 17.0 Å². The molecule has 0 fully saturated rings. The predicted octanol–water partition coefficient (Wildman–Crippen LogP) is 3.37. The molecule has 6 heteroatoms. The monoisotopic (exact) mass is 299 g/mol. The van der Waals surface area contributed by atoms with Crippen molar-refractivity contribution in [3.63, 3.8) is 0 Å². The van der Waals surface area contributed by atoms with Crippen LogP contribution in [-0.4, -0.2) is 20.7 Å². The Morgan fingerprint density at radius 3 is 2.64 bits per heavy atom. The summed E-state index contributed by atoms with van der Waals surface area (Å²) in [6, 6.07) is 7.13. The van der Waals surface area contributed by atoms with Crippen LogP contribution in [-0.2, 0) is 0 Å². The Morgan fingerprint density at radius 2 is 1.95 bits per heavy atom. The van der Waals surface area contributed by atoms with Crippen molar-refractivity contribution in [2.45, 2.75) is 19.9 Å². The lowest BCUT2D eigenvalue weighted by Gasteiger charge is -2.07. The van der Waals surface area contributed by atoms with Crippen molar-refractivity contribution in [2.24, 2.45) is 0 Å². The maximum absolute atomic E-state index is 12.8. The number of hydrogen-bond acceptors (Lipinski definition) is 4. The normalized spacial score (nSPS) is 11.1. The fourth-order valence-electron chi connectivity index (χ4n) is 2.10. The number of hydrogen-bond donors (Lipinski definition) is 0. The fraction of sp³-hybridized carbons (Fsp3) is 0.188. The van der Waals surface area contributed by atoms with E-state index in [-0.39, 0.29) is 17.6 Å². The molecule has 0 aliphatic carbocycles. The summed E-state index contributed by atoms with van der Waals surface area (Å²) in [5, 5.41) is 5.02. The number of ether oxygens (including phenoxy) is 1. The minimum absolute atomic E-state index is 0.182. The SMILES string of the molecule is CC(C)n1ncc2cc(C(=O)Oc3ccc(F)cc3)cnc21. The molecule has 0 radical (unpaired) electrons. The number of esters is 1. The Kier molecular flexibility index (Phi) is 3.58. The van der Waals surface area contributed by atoms with E-state index in [9.17, 15) is 9.18 Å². The zero-order valence-electron chi connectivity index (χ0n) is 12.2. The van der Waals surface area contributed by atoms with Crippen LogP contribution >= 0.6 is 0 Å². The number of benzene rings is 1. The van der Waals surface area contributed by atoms with Crippen LogP contribution in [0.15, 0.2) is 42.7 Å². The molecule has 0 unspecified atom stereocenters. The summed E-state index contributed by atoms with van der Waals surface area (Å²) >= 11 is 0. The third-order valence-corrected chi connectivity index (χ3v) is 3.18. The van der Waals surface area contributed by atoms with Gasteiger partial charge in [-0.05, 0) is 44.2 Å². The molecule has 0 N–H and O–H groups in total. The number of fused-ring (bicyclic) bond motifs is 1. The molecule has 3 rings (SSSR count). The van der Waals surface area contributed by atoms with Gasteiger partial charge in [-0.25, -0.2) is 18.9 Å². The molecular weight excluding hydrogens is 285 g/mol. The molecule has 3 aromatic rings. The van der Waals surface area contributed by atoms with Gasteiger partial charge in [0.1, 0.15) is 11.6 Å². The molecule has 0 atom stereocenters. The van der Waals surface area contributed by atoms with Gasteiger partial charge in [-0.15, -0.1) is 0 Å². The molecule has 0 saturated heterocycles. The number of carbonyl (C=O) groups excluding carboxylic acids is 1. The summed E-state index contributed by atoms with van der Waals surface area (Å²) in [6.07, 6.45) is 3.12. The number of halogens is 1. The van der Waals surface area contributed by atoms with Crippen molar-refractivity contribution in [3.05, 3.63) is 54.1 Å². The van der Waals surface area contributed by atoms with Crippen LogP contribution in [0.1, 0.15) is 30.2 Å². The number of rotatable bonds is 3. The molecule has 0 aliphatic heterocycles. The van der Waals surface area contributed by atoms with Crippen molar-refractivity contribution < 1.29 is 13.9 Å². The van der Waals surface area contributed by atoms with E-state index in [1.807, 2.05) is 13.8 Å². The minimum Gasteiger partial charge on any atom is -0.423 e. The first-order valence-corrected chi connectivity index (χ1v) is 6.85. The number of aromatic nitrogens is 3. The largest absolute Gasteiger partial charge is 0.423 e. The summed E-state index contributed by atoms with van der Waals surface area (Å²) in [7, 11) is 0. The quantitative estimate of drug-likeness (QED) is 0.549. The van der Waals surface area contributed by atoms with Gasteiger partial charge in [-0.3, -0.25) is 0 Å². The Bertz CT molecular complexity index is 825. The molecule has 112 valence electrons. The van der Waals surface area contributed by atoms with Gasteiger partial charge >= 0.3 is 5.97 Å². The van der Waals surface area contributed by atoms with E-state index in [0.717, 1.165) is 5.39 Å². The summed E-state index contributed by atoms with van der Waals surface area (Å²) < 4.78 is 19.8. The van der Waals surface area contributed by atoms with Crippen molar-refractivity contribution in [2.75, 3.05) is 0 Å². The van der Waals surface area contributed by atoms with Gasteiger partial charge in [-0.2, -0.15) is 5.10 Å². The number of nitrogens with zero attached hydrogens (tertiary/aromatic N) is 3. The van der Waals surface area contributed by atoms with Crippen LogP contribution in [0.4, 0.5) is 4.39 Å². The topological polar surface area (TPSA) is 57.0 Å². The Balaban J connectivity index is 1.86. The molecule has 0 bridgehead atoms. The first kappa shape index (κ1) is 14.2. The first-order chi connectivity index (χ1) is 10.5. The second kappa shape index (κ2) is 5.55. The van der Waals surface area contributed by atoms with Gasteiger partial charge in [-0.1, -0.05) is 0 Å². The van der Waals surface area contributed by atoms with Gasteiger partial charge in [0.15, 0.2) is 5.65 Å². The van der Waals surface area contributed by atoms with E-state index in [4.69, 9.17) is 4.74 Å². The zero-order chi connectivity index (χ0) is 15.7. The van der Waals surface area contributed by atoms with E-state index in [1.54, 1.807) is 16.9 Å². The number of carbonyl (C=O) groups is 1. The highest BCUT2D eigenvalue weighted by Crippen LogP contribution is 2.18. The van der Waals surface area contributed by atoms with Crippen LogP contribution in [0, 0.1) is 5.82 Å². The van der Waals surface area contributed by atoms with E-state index in [2.05, 4.69) is 10.1 Å². The van der Waals surface area contributed by atoms with Gasteiger partial charge in [0.05, 0.1) is 11.8 Å². The molecule has 2 aromatic heterocycles. The predicted molar refractivity (Wildman–Crippen MR) is 79.3 cm³/mol. The van der Waals surface area contributed by atoms with E-state index in [1.165, 1.54) is 30.5 Å². The van der Waals surface area contributed by atoms with Crippen LogP contribution in [0.3, 0.4) is 0 Å². The molecule has 1 aromatic carbocycles. The lowest BCUT2D eigenvalue weighted by Crippen LogP contribution is -2.09. The Morgan fingerprint density at radius 1 is 1.23 bits per heavy atom. The standard InChI is InChI=1S/C16H14FN3O2/c1-10(2)20-15-11(9-19-20)7-12(8-18-15)16(21)22-14-5-3-13(17)4-6-14/h3-10H,1-2H3. The summed E-state index contributed by atoms with van der Waals surface area (Å²) in [5.41, 5.74) is 1.04. The third kappa shape index (κ3) is 2.67. The Hall–Kier alpha value is -2.76. The maximum atomic E-state index is 12.8. The first-order valence-electron chi connectivity index (χ1n) is 6.85. The highest BCUT2D eigenvalue weighted by molar-refractivity contribution is 5.94. The molecule has 0 spiro atoms. The third-order valence-electron chi connectivity index (χ3n) is 3.18. The lowest BCUT2D eigenvalue weighted by molar-refractivity contribution is 0.0734. The van der Waals surface area contributed by atoms with Crippen molar-refractivity contribution in [1.29, 1.82) is 0 Å².